The topological polar surface area (TPSA) is 82.0 Å². The fourth-order valence-corrected chi connectivity index (χ4v) is 2.08. The molecule has 17 heavy (non-hydrogen) atoms. The molecule has 92 valence electrons. The van der Waals surface area contributed by atoms with Gasteiger partial charge in [0.05, 0.1) is 0 Å². The molecule has 5 nitrogen and oxygen atoms in total. The molecule has 0 saturated heterocycles. The molecule has 1 rings (SSSR count). The molecule has 1 aromatic carbocycles. The number of carboxylic acids is 1. The molecule has 0 bridgehead atoms. The Balaban J connectivity index is 2.74. The van der Waals surface area contributed by atoms with Crippen molar-refractivity contribution in [3.05, 3.63) is 30.3 Å². The zero-order valence-corrected chi connectivity index (χ0v) is 10.5. The number of hydrogen-bond acceptors (Lipinski definition) is 4. The number of nitrogens with zero attached hydrogens (tertiary/aromatic N) is 1. The Hall–Kier alpha value is -1.45. The van der Waals surface area contributed by atoms with Gasteiger partial charge in [-0.25, -0.2) is 4.79 Å². The first kappa shape index (κ1) is 13.6. The maximum absolute atomic E-state index is 11.5. The number of hydrogen-bond donors (Lipinski definition) is 1. The van der Waals surface area contributed by atoms with Gasteiger partial charge < -0.3 is 10.00 Å². The van der Waals surface area contributed by atoms with Gasteiger partial charge in [0.15, 0.2) is 11.8 Å². The molecule has 0 aromatic heterocycles. The van der Waals surface area contributed by atoms with E-state index < -0.39 is 20.2 Å². The van der Waals surface area contributed by atoms with E-state index in [1.165, 1.54) is 0 Å². The van der Waals surface area contributed by atoms with Crippen molar-refractivity contribution in [3.63, 3.8) is 0 Å². The van der Waals surface area contributed by atoms with E-state index in [1.807, 2.05) is 0 Å². The summed E-state index contributed by atoms with van der Waals surface area (Å²) in [4.78, 5) is 22.4. The van der Waals surface area contributed by atoms with E-state index in [2.05, 4.69) is 4.74 Å². The minimum absolute atomic E-state index is 0.231. The summed E-state index contributed by atoms with van der Waals surface area (Å²) in [5, 5.41) is 8.88. The molecule has 1 N–H and O–H groups in total. The van der Waals surface area contributed by atoms with E-state index in [0.29, 0.717) is 5.75 Å². The Bertz CT molecular complexity index is 405. The molecule has 0 saturated carbocycles. The summed E-state index contributed by atoms with van der Waals surface area (Å²) in [5.74, 6) is -0.920. The molecule has 0 amide bonds. The van der Waals surface area contributed by atoms with E-state index in [0.717, 1.165) is 0 Å². The second kappa shape index (κ2) is 6.33. The van der Waals surface area contributed by atoms with Crippen LogP contribution in [0.3, 0.4) is 0 Å². The standard InChI is InChI=1S/C11H14NO4P/c1-8(2)10(11(13)14)12-17(15)16-9-6-4-3-5-7-9/h3-8,10H,1-2H3,(H,13,14). The lowest BCUT2D eigenvalue weighted by atomic mass is 10.1. The average Bonchev–Trinajstić information content (AvgIpc) is 2.26. The molecule has 0 aliphatic carbocycles. The van der Waals surface area contributed by atoms with Crippen molar-refractivity contribution in [2.75, 3.05) is 0 Å². The number of aliphatic carboxylic acids is 1. The van der Waals surface area contributed by atoms with Crippen LogP contribution in [0.15, 0.2) is 35.1 Å². The highest BCUT2D eigenvalue weighted by Crippen LogP contribution is 2.25. The predicted molar refractivity (Wildman–Crippen MR) is 62.7 cm³/mol. The Morgan fingerprint density at radius 1 is 1.41 bits per heavy atom. The van der Waals surface area contributed by atoms with E-state index >= 15 is 0 Å². The van der Waals surface area contributed by atoms with Crippen molar-refractivity contribution in [2.45, 2.75) is 19.9 Å². The molecule has 0 fully saturated rings. The number of benzene rings is 1. The van der Waals surface area contributed by atoms with Gasteiger partial charge in [-0.1, -0.05) is 36.8 Å². The first-order chi connectivity index (χ1) is 8.00. The highest BCUT2D eigenvalue weighted by atomic mass is 31.1. The third-order valence-corrected chi connectivity index (χ3v) is 2.83. The molecule has 1 aromatic rings. The summed E-state index contributed by atoms with van der Waals surface area (Å²) in [7, 11) is -2.37. The number of carbonyl (C=O) groups is 1. The van der Waals surface area contributed by atoms with Crippen molar-refractivity contribution in [1.82, 2.24) is 0 Å². The van der Waals surface area contributed by atoms with Gasteiger partial charge in [0.25, 0.3) is 0 Å². The maximum atomic E-state index is 11.5. The van der Waals surface area contributed by atoms with Gasteiger partial charge in [-0.2, -0.15) is 0 Å². The summed E-state index contributed by atoms with van der Waals surface area (Å²) in [6.45, 7) is 3.40. The SMILES string of the molecule is CC(C)C(N=[P+]([O-])Oc1ccccc1)C(=O)O. The van der Waals surface area contributed by atoms with Crippen LogP contribution in [-0.2, 0) is 4.79 Å². The van der Waals surface area contributed by atoms with Crippen LogP contribution in [0.1, 0.15) is 13.8 Å². The van der Waals surface area contributed by atoms with E-state index in [9.17, 15) is 9.69 Å². The lowest BCUT2D eigenvalue weighted by molar-refractivity contribution is -0.169. The minimum atomic E-state index is -2.37. The van der Waals surface area contributed by atoms with E-state index in [4.69, 9.17) is 9.63 Å². The summed E-state index contributed by atoms with van der Waals surface area (Å²) >= 11 is 0. The van der Waals surface area contributed by atoms with Crippen LogP contribution in [0.4, 0.5) is 0 Å². The van der Waals surface area contributed by atoms with Crippen molar-refractivity contribution in [2.24, 2.45) is 10.7 Å². The third-order valence-electron chi connectivity index (χ3n) is 2.03. The van der Waals surface area contributed by atoms with Crippen LogP contribution in [0.5, 0.6) is 5.75 Å². The molecule has 0 aliphatic heterocycles. The summed E-state index contributed by atoms with van der Waals surface area (Å²) in [6, 6.07) is 7.51. The molecule has 0 heterocycles. The maximum Gasteiger partial charge on any atom is 0.395 e. The normalized spacial score (nSPS) is 13.5. The highest BCUT2D eigenvalue weighted by Gasteiger charge is 2.25. The fourth-order valence-electron chi connectivity index (χ4n) is 1.16. The summed E-state index contributed by atoms with van der Waals surface area (Å²) in [5.41, 5.74) is 0. The van der Waals surface area contributed by atoms with Crippen LogP contribution in [0.25, 0.3) is 0 Å². The summed E-state index contributed by atoms with van der Waals surface area (Å²) in [6.07, 6.45) is 0. The van der Waals surface area contributed by atoms with Crippen LogP contribution < -0.4 is 9.42 Å². The third kappa shape index (κ3) is 4.51. The lowest BCUT2D eigenvalue weighted by Crippen LogP contribution is -2.24. The molecule has 0 radical (unpaired) electrons. The second-order valence-electron chi connectivity index (χ2n) is 3.78. The fraction of sp³-hybridized carbons (Fsp3) is 0.364. The number of carboxylic acid groups (broad SMARTS) is 1. The zero-order valence-electron chi connectivity index (χ0n) is 9.61. The Morgan fingerprint density at radius 2 is 2.00 bits per heavy atom. The van der Waals surface area contributed by atoms with Crippen molar-refractivity contribution in [1.29, 1.82) is 0 Å². The molecular formula is C11H14NO4P. The van der Waals surface area contributed by atoms with Gasteiger partial charge in [-0.05, 0) is 18.1 Å². The van der Waals surface area contributed by atoms with Gasteiger partial charge >= 0.3 is 14.1 Å². The largest absolute Gasteiger partial charge is 0.575 e. The minimum Gasteiger partial charge on any atom is -0.575 e. The van der Waals surface area contributed by atoms with Gasteiger partial charge in [0, 0.05) is 0 Å². The van der Waals surface area contributed by atoms with Gasteiger partial charge in [0.2, 0.25) is 0 Å². The Kier molecular flexibility index (Phi) is 5.07. The van der Waals surface area contributed by atoms with Crippen molar-refractivity contribution >= 4 is 14.1 Å². The molecule has 2 atom stereocenters. The Morgan fingerprint density at radius 3 is 2.47 bits per heavy atom. The summed E-state index contributed by atoms with van der Waals surface area (Å²) < 4.78 is 8.68. The lowest BCUT2D eigenvalue weighted by Gasteiger charge is -2.08. The zero-order chi connectivity index (χ0) is 12.8. The second-order valence-corrected chi connectivity index (χ2v) is 4.67. The first-order valence-electron chi connectivity index (χ1n) is 5.14. The van der Waals surface area contributed by atoms with E-state index in [1.54, 1.807) is 44.2 Å². The molecule has 2 unspecified atom stereocenters. The van der Waals surface area contributed by atoms with Crippen LogP contribution in [0.2, 0.25) is 0 Å². The molecular weight excluding hydrogens is 241 g/mol. The van der Waals surface area contributed by atoms with Crippen LogP contribution in [-0.4, -0.2) is 17.1 Å². The molecule has 6 heteroatoms. The molecule has 0 spiro atoms. The predicted octanol–water partition coefficient (Wildman–Crippen LogP) is 2.03. The smallest absolute Gasteiger partial charge is 0.395 e. The number of para-hydroxylation sites is 1. The van der Waals surface area contributed by atoms with Crippen molar-refractivity contribution < 1.29 is 19.3 Å². The quantitative estimate of drug-likeness (QED) is 0.816. The van der Waals surface area contributed by atoms with Gasteiger partial charge in [-0.15, -0.1) is 0 Å². The number of rotatable bonds is 5. The van der Waals surface area contributed by atoms with E-state index in [-0.39, 0.29) is 5.92 Å². The van der Waals surface area contributed by atoms with Crippen LogP contribution in [0, 0.1) is 5.92 Å². The Labute approximate surface area is 101 Å². The monoisotopic (exact) mass is 255 g/mol. The average molecular weight is 255 g/mol. The highest BCUT2D eigenvalue weighted by molar-refractivity contribution is 7.34. The van der Waals surface area contributed by atoms with Crippen LogP contribution >= 0.6 is 8.17 Å². The molecule has 0 aliphatic rings. The van der Waals surface area contributed by atoms with Gasteiger partial charge in [-0.3, -0.25) is 4.52 Å². The van der Waals surface area contributed by atoms with Gasteiger partial charge in [0.1, 0.15) is 0 Å². The first-order valence-corrected chi connectivity index (χ1v) is 6.27. The van der Waals surface area contributed by atoms with Crippen molar-refractivity contribution in [3.8, 4) is 5.75 Å².